The smallest absolute Gasteiger partial charge is 0.290 e. The van der Waals surface area contributed by atoms with E-state index in [-0.39, 0.29) is 23.0 Å². The molecule has 0 radical (unpaired) electrons. The molecule has 1 aromatic carbocycles. The lowest BCUT2D eigenvalue weighted by molar-refractivity contribution is -0.131. The fourth-order valence-electron chi connectivity index (χ4n) is 3.82. The Bertz CT molecular complexity index is 742. The number of aliphatic hydroxyl groups is 1. The third kappa shape index (κ3) is 2.96. The maximum Gasteiger partial charge on any atom is 0.290 e. The molecule has 1 atom stereocenters. The third-order valence-electron chi connectivity index (χ3n) is 5.09. The fraction of sp³-hybridized carbons (Fsp3) is 0.500. The van der Waals surface area contributed by atoms with E-state index in [1.54, 1.807) is 39.0 Å². The standard InChI is InChI=1S/C20H24FNO3/c1-20(2,3)18(24)15-16(13-10-6-7-11-14(13)21)22(19(25)17(15)23)12-8-4-5-9-12/h6-7,10-12,16,23H,4-5,8-9H2,1-3H3. The van der Waals surface area contributed by atoms with E-state index in [2.05, 4.69) is 0 Å². The first-order chi connectivity index (χ1) is 11.7. The molecule has 0 saturated heterocycles. The second-order valence-electron chi connectivity index (χ2n) is 7.92. The quantitative estimate of drug-likeness (QED) is 0.898. The molecule has 5 heteroatoms. The topological polar surface area (TPSA) is 57.6 Å². The van der Waals surface area contributed by atoms with Crippen LogP contribution in [0.4, 0.5) is 4.39 Å². The average Bonchev–Trinajstić information content (AvgIpc) is 3.14. The minimum absolute atomic E-state index is 0.0227. The molecule has 1 amide bonds. The summed E-state index contributed by atoms with van der Waals surface area (Å²) in [6, 6.07) is 5.23. The van der Waals surface area contributed by atoms with Crippen LogP contribution < -0.4 is 0 Å². The van der Waals surface area contributed by atoms with Crippen molar-refractivity contribution >= 4 is 11.7 Å². The number of carbonyl (C=O) groups excluding carboxylic acids is 2. The van der Waals surface area contributed by atoms with E-state index in [1.165, 1.54) is 11.0 Å². The summed E-state index contributed by atoms with van der Waals surface area (Å²) >= 11 is 0. The van der Waals surface area contributed by atoms with Gasteiger partial charge >= 0.3 is 0 Å². The number of rotatable bonds is 3. The first-order valence-electron chi connectivity index (χ1n) is 8.78. The molecule has 1 aliphatic carbocycles. The highest BCUT2D eigenvalue weighted by Gasteiger charge is 2.49. The Morgan fingerprint density at radius 2 is 1.80 bits per heavy atom. The number of benzene rings is 1. The summed E-state index contributed by atoms with van der Waals surface area (Å²) in [4.78, 5) is 27.3. The summed E-state index contributed by atoms with van der Waals surface area (Å²) < 4.78 is 14.5. The van der Waals surface area contributed by atoms with Gasteiger partial charge in [0.2, 0.25) is 0 Å². The molecule has 0 bridgehead atoms. The number of nitrogens with zero attached hydrogens (tertiary/aromatic N) is 1. The van der Waals surface area contributed by atoms with Crippen molar-refractivity contribution in [3.05, 3.63) is 47.0 Å². The van der Waals surface area contributed by atoms with E-state index < -0.39 is 28.9 Å². The molecule has 3 rings (SSSR count). The molecule has 25 heavy (non-hydrogen) atoms. The van der Waals surface area contributed by atoms with Crippen LogP contribution in [0.2, 0.25) is 0 Å². The van der Waals surface area contributed by atoms with Crippen molar-refractivity contribution in [2.24, 2.45) is 5.41 Å². The van der Waals surface area contributed by atoms with Crippen LogP contribution in [0.1, 0.15) is 58.1 Å². The summed E-state index contributed by atoms with van der Waals surface area (Å²) in [5.41, 5.74) is -0.493. The van der Waals surface area contributed by atoms with E-state index >= 15 is 0 Å². The number of Topliss-reactive ketones (excluding diaryl/α,β-unsaturated/α-hetero) is 1. The van der Waals surface area contributed by atoms with Crippen molar-refractivity contribution in [2.45, 2.75) is 58.5 Å². The maximum absolute atomic E-state index is 14.5. The van der Waals surface area contributed by atoms with Gasteiger partial charge in [-0.1, -0.05) is 51.8 Å². The van der Waals surface area contributed by atoms with Crippen molar-refractivity contribution in [1.82, 2.24) is 4.90 Å². The summed E-state index contributed by atoms with van der Waals surface area (Å²) in [5.74, 6) is -1.89. The Balaban J connectivity index is 2.15. The van der Waals surface area contributed by atoms with Crippen LogP contribution in [0, 0.1) is 11.2 Å². The highest BCUT2D eigenvalue weighted by atomic mass is 19.1. The van der Waals surface area contributed by atoms with Gasteiger partial charge in [-0.2, -0.15) is 0 Å². The summed E-state index contributed by atoms with van der Waals surface area (Å²) in [6.07, 6.45) is 3.59. The number of hydrogen-bond acceptors (Lipinski definition) is 3. The minimum Gasteiger partial charge on any atom is -0.503 e. The second kappa shape index (κ2) is 6.28. The largest absolute Gasteiger partial charge is 0.503 e. The third-order valence-corrected chi connectivity index (χ3v) is 5.09. The van der Waals surface area contributed by atoms with E-state index in [0.717, 1.165) is 25.7 Å². The number of hydrogen-bond donors (Lipinski definition) is 1. The molecule has 1 fully saturated rings. The molecule has 1 aromatic rings. The van der Waals surface area contributed by atoms with Gasteiger partial charge in [0.05, 0.1) is 11.6 Å². The zero-order chi connectivity index (χ0) is 18.4. The van der Waals surface area contributed by atoms with Crippen LogP contribution in [0.5, 0.6) is 0 Å². The maximum atomic E-state index is 14.5. The van der Waals surface area contributed by atoms with Gasteiger partial charge in [0, 0.05) is 17.0 Å². The van der Waals surface area contributed by atoms with Crippen molar-refractivity contribution in [3.63, 3.8) is 0 Å². The lowest BCUT2D eigenvalue weighted by Gasteiger charge is -2.33. The Morgan fingerprint density at radius 3 is 2.36 bits per heavy atom. The van der Waals surface area contributed by atoms with Crippen LogP contribution in [-0.2, 0) is 9.59 Å². The van der Waals surface area contributed by atoms with E-state index in [4.69, 9.17) is 0 Å². The van der Waals surface area contributed by atoms with E-state index in [1.807, 2.05) is 0 Å². The number of aliphatic hydroxyl groups excluding tert-OH is 1. The van der Waals surface area contributed by atoms with Crippen molar-refractivity contribution < 1.29 is 19.1 Å². The van der Waals surface area contributed by atoms with Crippen LogP contribution in [0.3, 0.4) is 0 Å². The molecule has 1 heterocycles. The van der Waals surface area contributed by atoms with Crippen LogP contribution in [-0.4, -0.2) is 27.7 Å². The molecule has 134 valence electrons. The summed E-state index contributed by atoms with van der Waals surface area (Å²) in [5, 5.41) is 10.5. The first-order valence-corrected chi connectivity index (χ1v) is 8.78. The lowest BCUT2D eigenvalue weighted by Crippen LogP contribution is -2.39. The van der Waals surface area contributed by atoms with Gasteiger partial charge in [-0.25, -0.2) is 4.39 Å². The second-order valence-corrected chi connectivity index (χ2v) is 7.92. The van der Waals surface area contributed by atoms with Gasteiger partial charge in [0.1, 0.15) is 5.82 Å². The highest BCUT2D eigenvalue weighted by molar-refractivity contribution is 6.10. The SMILES string of the molecule is CC(C)(C)C(=O)C1=C(O)C(=O)N(C2CCCC2)C1c1ccccc1F. The number of carbonyl (C=O) groups is 2. The Labute approximate surface area is 147 Å². The predicted molar refractivity (Wildman–Crippen MR) is 92.4 cm³/mol. The zero-order valence-corrected chi connectivity index (χ0v) is 14.9. The molecule has 4 nitrogen and oxygen atoms in total. The molecular weight excluding hydrogens is 321 g/mol. The lowest BCUT2D eigenvalue weighted by atomic mass is 9.82. The van der Waals surface area contributed by atoms with Gasteiger partial charge in [0.15, 0.2) is 11.5 Å². The van der Waals surface area contributed by atoms with Gasteiger partial charge in [-0.15, -0.1) is 0 Å². The van der Waals surface area contributed by atoms with Gasteiger partial charge in [0.25, 0.3) is 5.91 Å². The van der Waals surface area contributed by atoms with Crippen molar-refractivity contribution in [2.75, 3.05) is 0 Å². The van der Waals surface area contributed by atoms with Crippen molar-refractivity contribution in [1.29, 1.82) is 0 Å². The molecular formula is C20H24FNO3. The van der Waals surface area contributed by atoms with Gasteiger partial charge in [-0.05, 0) is 18.9 Å². The monoisotopic (exact) mass is 345 g/mol. The average molecular weight is 345 g/mol. The molecule has 2 aliphatic rings. The van der Waals surface area contributed by atoms with Crippen LogP contribution in [0.25, 0.3) is 0 Å². The molecule has 1 saturated carbocycles. The first kappa shape index (κ1) is 17.6. The number of halogens is 1. The van der Waals surface area contributed by atoms with Gasteiger partial charge < -0.3 is 10.0 Å². The minimum atomic E-state index is -0.858. The highest BCUT2D eigenvalue weighted by Crippen LogP contribution is 2.44. The molecule has 0 spiro atoms. The Hall–Kier alpha value is -2.17. The normalized spacial score (nSPS) is 22.2. The van der Waals surface area contributed by atoms with Crippen LogP contribution >= 0.6 is 0 Å². The summed E-state index contributed by atoms with van der Waals surface area (Å²) in [7, 11) is 0. The molecule has 0 aromatic heterocycles. The van der Waals surface area contributed by atoms with E-state index in [9.17, 15) is 19.1 Å². The fourth-order valence-corrected chi connectivity index (χ4v) is 3.82. The number of amides is 1. The number of ketones is 1. The predicted octanol–water partition coefficient (Wildman–Crippen LogP) is 4.08. The van der Waals surface area contributed by atoms with Crippen molar-refractivity contribution in [3.8, 4) is 0 Å². The van der Waals surface area contributed by atoms with Crippen LogP contribution in [0.15, 0.2) is 35.6 Å². The Morgan fingerprint density at radius 1 is 1.20 bits per heavy atom. The van der Waals surface area contributed by atoms with E-state index in [0.29, 0.717) is 0 Å². The Kier molecular flexibility index (Phi) is 4.43. The molecule has 1 unspecified atom stereocenters. The molecule has 1 aliphatic heterocycles. The molecule has 1 N–H and O–H groups in total. The van der Waals surface area contributed by atoms with Gasteiger partial charge in [-0.3, -0.25) is 9.59 Å². The summed E-state index contributed by atoms with van der Waals surface area (Å²) in [6.45, 7) is 5.20. The zero-order valence-electron chi connectivity index (χ0n) is 14.9.